The first-order valence-electron chi connectivity index (χ1n) is 9.59. The first-order valence-corrected chi connectivity index (χ1v) is 12.7. The van der Waals surface area contributed by atoms with E-state index in [1.54, 1.807) is 0 Å². The summed E-state index contributed by atoms with van der Waals surface area (Å²) < 4.78 is 53.6. The highest BCUT2D eigenvalue weighted by atomic mass is 35.5. The van der Waals surface area contributed by atoms with Crippen LogP contribution in [0.15, 0.2) is 35.8 Å². The highest BCUT2D eigenvalue weighted by Crippen LogP contribution is 2.33. The van der Waals surface area contributed by atoms with Gasteiger partial charge in [-0.3, -0.25) is 0 Å². The largest absolute Gasteiger partial charge is 0.485 e. The first-order chi connectivity index (χ1) is 16.7. The maximum absolute atomic E-state index is 14.3. The molecule has 1 heterocycles. The van der Waals surface area contributed by atoms with E-state index in [9.17, 15) is 18.7 Å². The highest BCUT2D eigenvalue weighted by Gasteiger charge is 2.38. The normalized spacial score (nSPS) is 15.4. The molecule has 0 radical (unpaired) electrons. The summed E-state index contributed by atoms with van der Waals surface area (Å²) in [5.74, 6) is -2.96. The standard InChI is InChI=1S/C20H14Cl4F2O5.H3O4P/c21-11-1-3-13(23)16(25)9(11)7-29-18-15(5-6-27)31-20(28)19(18)30-8-10-12(22)2-4-14(24)17(10)26;1-5(2,3)4/h1-4,15,27H,5-8H2;(H3,1,2,3,4). The number of aliphatic hydroxyl groups is 1. The van der Waals surface area contributed by atoms with Gasteiger partial charge in [0.25, 0.3) is 0 Å². The number of rotatable bonds is 8. The van der Waals surface area contributed by atoms with Crippen LogP contribution in [0.1, 0.15) is 17.5 Å². The van der Waals surface area contributed by atoms with Crippen molar-refractivity contribution < 1.29 is 52.1 Å². The molecule has 2 aromatic rings. The van der Waals surface area contributed by atoms with Crippen LogP contribution in [-0.4, -0.2) is 38.5 Å². The van der Waals surface area contributed by atoms with E-state index < -0.39 is 44.7 Å². The minimum Gasteiger partial charge on any atom is -0.485 e. The van der Waals surface area contributed by atoms with Gasteiger partial charge >= 0.3 is 13.8 Å². The summed E-state index contributed by atoms with van der Waals surface area (Å²) in [7, 11) is -4.64. The first kappa shape index (κ1) is 30.6. The molecule has 0 saturated carbocycles. The zero-order chi connectivity index (χ0) is 27.2. The highest BCUT2D eigenvalue weighted by molar-refractivity contribution is 7.45. The second-order valence-electron chi connectivity index (χ2n) is 6.83. The molecule has 1 aliphatic heterocycles. The average molecular weight is 612 g/mol. The van der Waals surface area contributed by atoms with E-state index in [2.05, 4.69) is 0 Å². The van der Waals surface area contributed by atoms with Gasteiger partial charge in [0, 0.05) is 24.2 Å². The van der Waals surface area contributed by atoms with Gasteiger partial charge < -0.3 is 34.0 Å². The maximum Gasteiger partial charge on any atom is 0.466 e. The molecule has 1 unspecified atom stereocenters. The van der Waals surface area contributed by atoms with Crippen LogP contribution in [0.3, 0.4) is 0 Å². The van der Waals surface area contributed by atoms with Gasteiger partial charge in [-0.15, -0.1) is 0 Å². The molecule has 16 heteroatoms. The van der Waals surface area contributed by atoms with Crippen LogP contribution in [-0.2, 0) is 36.8 Å². The Balaban J connectivity index is 0.000000830. The molecule has 0 aromatic heterocycles. The van der Waals surface area contributed by atoms with Crippen molar-refractivity contribution in [3.63, 3.8) is 0 Å². The summed E-state index contributed by atoms with van der Waals surface area (Å²) in [6.45, 7) is -1.20. The minimum absolute atomic E-state index is 0.00796. The van der Waals surface area contributed by atoms with Crippen LogP contribution in [0.5, 0.6) is 0 Å². The van der Waals surface area contributed by atoms with E-state index in [1.807, 2.05) is 0 Å². The second-order valence-corrected chi connectivity index (χ2v) is 9.49. The lowest BCUT2D eigenvalue weighted by Gasteiger charge is -2.15. The Morgan fingerprint density at radius 2 is 1.28 bits per heavy atom. The summed E-state index contributed by atoms with van der Waals surface area (Å²) in [4.78, 5) is 33.8. The Morgan fingerprint density at radius 3 is 1.72 bits per heavy atom. The predicted octanol–water partition coefficient (Wildman–Crippen LogP) is 4.90. The molecule has 0 amide bonds. The molecule has 4 N–H and O–H groups in total. The van der Waals surface area contributed by atoms with E-state index in [-0.39, 0.29) is 55.8 Å². The number of hydrogen-bond acceptors (Lipinski definition) is 6. The van der Waals surface area contributed by atoms with Gasteiger partial charge in [-0.05, 0) is 24.3 Å². The van der Waals surface area contributed by atoms with Gasteiger partial charge in [0.1, 0.15) is 24.8 Å². The van der Waals surface area contributed by atoms with E-state index in [0.717, 1.165) is 0 Å². The molecule has 2 aromatic carbocycles. The molecule has 9 nitrogen and oxygen atoms in total. The number of ether oxygens (including phenoxy) is 3. The number of aliphatic hydroxyl groups excluding tert-OH is 1. The molecule has 0 saturated heterocycles. The van der Waals surface area contributed by atoms with Gasteiger partial charge in [0.15, 0.2) is 11.9 Å². The third-order valence-electron chi connectivity index (χ3n) is 4.35. The minimum atomic E-state index is -4.64. The van der Waals surface area contributed by atoms with Crippen LogP contribution >= 0.6 is 54.2 Å². The molecule has 0 fully saturated rings. The van der Waals surface area contributed by atoms with Crippen molar-refractivity contribution in [3.05, 3.63) is 78.6 Å². The number of phosphoric acid groups is 1. The van der Waals surface area contributed by atoms with Crippen molar-refractivity contribution in [2.24, 2.45) is 0 Å². The SMILES string of the molecule is O=C1OC(CCO)C(OCc2c(Cl)ccc(Cl)c2F)=C1OCc1c(Cl)ccc(Cl)c1F.O=P(O)(O)O. The van der Waals surface area contributed by atoms with E-state index in [0.29, 0.717) is 0 Å². The summed E-state index contributed by atoms with van der Waals surface area (Å²) in [5.41, 5.74) is -0.129. The maximum atomic E-state index is 14.3. The van der Waals surface area contributed by atoms with Crippen molar-refractivity contribution in [1.82, 2.24) is 0 Å². The number of esters is 1. The molecule has 0 aliphatic carbocycles. The second kappa shape index (κ2) is 13.2. The zero-order valence-corrected chi connectivity index (χ0v) is 21.7. The third kappa shape index (κ3) is 8.44. The number of carbonyl (C=O) groups excluding carboxylic acids is 1. The summed E-state index contributed by atoms with van der Waals surface area (Å²) in [6.07, 6.45) is -1.00. The molecule has 0 spiro atoms. The van der Waals surface area contributed by atoms with Crippen LogP contribution in [0.4, 0.5) is 8.78 Å². The summed E-state index contributed by atoms with van der Waals surface area (Å²) in [5, 5.41) is 9.01. The Kier molecular flexibility index (Phi) is 11.2. The molecule has 3 rings (SSSR count). The van der Waals surface area contributed by atoms with Crippen LogP contribution in [0.2, 0.25) is 20.1 Å². The van der Waals surface area contributed by atoms with Gasteiger partial charge in [0.2, 0.25) is 5.76 Å². The van der Waals surface area contributed by atoms with E-state index >= 15 is 0 Å². The van der Waals surface area contributed by atoms with Crippen molar-refractivity contribution >= 4 is 60.2 Å². The summed E-state index contributed by atoms with van der Waals surface area (Å²) >= 11 is 23.5. The number of carbonyl (C=O) groups is 1. The van der Waals surface area contributed by atoms with Crippen molar-refractivity contribution in [2.45, 2.75) is 25.7 Å². The number of benzene rings is 2. The van der Waals surface area contributed by atoms with Crippen molar-refractivity contribution in [3.8, 4) is 0 Å². The quantitative estimate of drug-likeness (QED) is 0.186. The fourth-order valence-corrected chi connectivity index (χ4v) is 3.53. The lowest BCUT2D eigenvalue weighted by molar-refractivity contribution is -0.143. The number of halogens is 6. The lowest BCUT2D eigenvalue weighted by Crippen LogP contribution is -2.15. The molecule has 1 atom stereocenters. The van der Waals surface area contributed by atoms with Gasteiger partial charge in [-0.1, -0.05) is 46.4 Å². The van der Waals surface area contributed by atoms with Gasteiger partial charge in [-0.2, -0.15) is 0 Å². The Hall–Kier alpha value is -1.66. The topological polar surface area (TPSA) is 143 Å². The monoisotopic (exact) mass is 610 g/mol. The van der Waals surface area contributed by atoms with Crippen molar-refractivity contribution in [2.75, 3.05) is 6.61 Å². The number of hydrogen-bond donors (Lipinski definition) is 4. The van der Waals surface area contributed by atoms with Crippen LogP contribution in [0.25, 0.3) is 0 Å². The Morgan fingerprint density at radius 1 is 0.861 bits per heavy atom. The molecular formula is C20H17Cl4F2O9P. The number of cyclic esters (lactones) is 1. The molecule has 36 heavy (non-hydrogen) atoms. The Bertz CT molecular complexity index is 1200. The van der Waals surface area contributed by atoms with Crippen LogP contribution in [0, 0.1) is 11.6 Å². The third-order valence-corrected chi connectivity index (χ3v) is 5.64. The summed E-state index contributed by atoms with van der Waals surface area (Å²) in [6, 6.07) is 5.34. The van der Waals surface area contributed by atoms with Crippen LogP contribution < -0.4 is 0 Å². The van der Waals surface area contributed by atoms with Gasteiger partial charge in [-0.25, -0.2) is 18.1 Å². The fourth-order valence-electron chi connectivity index (χ4n) is 2.78. The lowest BCUT2D eigenvalue weighted by atomic mass is 10.2. The molecular weight excluding hydrogens is 595 g/mol. The molecule has 198 valence electrons. The average Bonchev–Trinajstić information content (AvgIpc) is 3.07. The van der Waals surface area contributed by atoms with Gasteiger partial charge in [0.05, 0.1) is 20.1 Å². The molecule has 1 aliphatic rings. The van der Waals surface area contributed by atoms with E-state index in [1.165, 1.54) is 24.3 Å². The Labute approximate surface area is 222 Å². The zero-order valence-electron chi connectivity index (χ0n) is 17.8. The fraction of sp³-hybridized carbons (Fsp3) is 0.250. The predicted molar refractivity (Wildman–Crippen MR) is 125 cm³/mol. The van der Waals surface area contributed by atoms with Crippen molar-refractivity contribution in [1.29, 1.82) is 0 Å². The smallest absolute Gasteiger partial charge is 0.466 e. The van der Waals surface area contributed by atoms with E-state index in [4.69, 9.17) is 79.9 Å². The molecule has 0 bridgehead atoms.